The molecule has 0 aliphatic carbocycles. The molecule has 5 nitrogen and oxygen atoms in total. The Morgan fingerprint density at radius 3 is 2.44 bits per heavy atom. The van der Waals surface area contributed by atoms with Crippen LogP contribution >= 0.6 is 0 Å². The van der Waals surface area contributed by atoms with Crippen LogP contribution in [0.3, 0.4) is 0 Å². The molecule has 0 saturated carbocycles. The Balaban J connectivity index is 1.63. The number of hydrogen-bond acceptors (Lipinski definition) is 3. The van der Waals surface area contributed by atoms with Crippen LogP contribution in [0.5, 0.6) is 0 Å². The van der Waals surface area contributed by atoms with Gasteiger partial charge in [0.25, 0.3) is 5.91 Å². The molecule has 0 spiro atoms. The van der Waals surface area contributed by atoms with Gasteiger partial charge >= 0.3 is 0 Å². The van der Waals surface area contributed by atoms with Crippen molar-refractivity contribution in [2.24, 2.45) is 0 Å². The first-order valence-corrected chi connectivity index (χ1v) is 8.80. The highest BCUT2D eigenvalue weighted by molar-refractivity contribution is 5.96. The number of halogens is 1. The predicted molar refractivity (Wildman–Crippen MR) is 95.0 cm³/mol. The SMILES string of the molecule is CCn1nc(C)c(C(=O)N2CCN(Cc3ccccc3F)CC2)c1C. The van der Waals surface area contributed by atoms with E-state index < -0.39 is 0 Å². The lowest BCUT2D eigenvalue weighted by Gasteiger charge is -2.34. The molecule has 6 heteroatoms. The Morgan fingerprint density at radius 1 is 1.16 bits per heavy atom. The van der Waals surface area contributed by atoms with Crippen molar-refractivity contribution in [3.63, 3.8) is 0 Å². The minimum Gasteiger partial charge on any atom is -0.336 e. The average Bonchev–Trinajstić information content (AvgIpc) is 2.91. The van der Waals surface area contributed by atoms with Crippen molar-refractivity contribution in [3.05, 3.63) is 52.6 Å². The van der Waals surface area contributed by atoms with Crippen LogP contribution in [0.2, 0.25) is 0 Å². The van der Waals surface area contributed by atoms with E-state index in [1.165, 1.54) is 6.07 Å². The summed E-state index contributed by atoms with van der Waals surface area (Å²) < 4.78 is 15.7. The van der Waals surface area contributed by atoms with Gasteiger partial charge < -0.3 is 4.90 Å². The topological polar surface area (TPSA) is 41.4 Å². The van der Waals surface area contributed by atoms with Crippen LogP contribution in [0, 0.1) is 19.7 Å². The fourth-order valence-corrected chi connectivity index (χ4v) is 3.45. The highest BCUT2D eigenvalue weighted by atomic mass is 19.1. The highest BCUT2D eigenvalue weighted by Crippen LogP contribution is 2.18. The molecule has 0 radical (unpaired) electrons. The Kier molecular flexibility index (Phi) is 5.18. The van der Waals surface area contributed by atoms with Gasteiger partial charge in [-0.25, -0.2) is 4.39 Å². The van der Waals surface area contributed by atoms with Gasteiger partial charge in [-0.3, -0.25) is 14.4 Å². The van der Waals surface area contributed by atoms with Crippen LogP contribution in [0.25, 0.3) is 0 Å². The summed E-state index contributed by atoms with van der Waals surface area (Å²) >= 11 is 0. The third-order valence-corrected chi connectivity index (χ3v) is 4.91. The first-order valence-electron chi connectivity index (χ1n) is 8.80. The Labute approximate surface area is 148 Å². The molecule has 1 amide bonds. The summed E-state index contributed by atoms with van der Waals surface area (Å²) in [6.45, 7) is 10.0. The molecule has 0 N–H and O–H groups in total. The van der Waals surface area contributed by atoms with Gasteiger partial charge in [0.15, 0.2) is 0 Å². The molecular formula is C19H25FN4O. The van der Waals surface area contributed by atoms with Crippen molar-refractivity contribution in [1.29, 1.82) is 0 Å². The van der Waals surface area contributed by atoms with Crippen LogP contribution in [0.4, 0.5) is 4.39 Å². The number of amides is 1. The first-order chi connectivity index (χ1) is 12.0. The van der Waals surface area contributed by atoms with Gasteiger partial charge in [-0.15, -0.1) is 0 Å². The Hall–Kier alpha value is -2.21. The molecule has 1 aromatic heterocycles. The van der Waals surface area contributed by atoms with E-state index in [0.29, 0.717) is 25.2 Å². The molecule has 2 heterocycles. The van der Waals surface area contributed by atoms with Crippen molar-refractivity contribution in [3.8, 4) is 0 Å². The van der Waals surface area contributed by atoms with Crippen molar-refractivity contribution in [1.82, 2.24) is 19.6 Å². The van der Waals surface area contributed by atoms with Crippen molar-refractivity contribution >= 4 is 5.91 Å². The molecule has 0 atom stereocenters. The molecule has 3 rings (SSSR count). The van der Waals surface area contributed by atoms with E-state index in [0.717, 1.165) is 36.6 Å². The molecule has 1 fully saturated rings. The van der Waals surface area contributed by atoms with E-state index >= 15 is 0 Å². The highest BCUT2D eigenvalue weighted by Gasteiger charge is 2.26. The standard InChI is InChI=1S/C19H25FN4O/c1-4-24-15(3)18(14(2)21-24)19(25)23-11-9-22(10-12-23)13-16-7-5-6-8-17(16)20/h5-8H,4,9-13H2,1-3H3. The van der Waals surface area contributed by atoms with Gasteiger partial charge in [0, 0.05) is 50.5 Å². The Morgan fingerprint density at radius 2 is 1.84 bits per heavy atom. The minimum atomic E-state index is -0.167. The lowest BCUT2D eigenvalue weighted by molar-refractivity contribution is 0.0625. The van der Waals surface area contributed by atoms with Crippen molar-refractivity contribution in [2.75, 3.05) is 26.2 Å². The lowest BCUT2D eigenvalue weighted by atomic mass is 10.1. The molecule has 0 unspecified atom stereocenters. The number of carbonyl (C=O) groups is 1. The van der Waals surface area contributed by atoms with Crippen LogP contribution < -0.4 is 0 Å². The van der Waals surface area contributed by atoms with Gasteiger partial charge in [0.1, 0.15) is 5.82 Å². The fraction of sp³-hybridized carbons (Fsp3) is 0.474. The number of benzene rings is 1. The molecule has 1 aliphatic heterocycles. The zero-order chi connectivity index (χ0) is 18.0. The zero-order valence-electron chi connectivity index (χ0n) is 15.1. The largest absolute Gasteiger partial charge is 0.336 e. The first kappa shape index (κ1) is 17.6. The number of nitrogens with zero attached hydrogens (tertiary/aromatic N) is 4. The number of rotatable bonds is 4. The summed E-state index contributed by atoms with van der Waals surface area (Å²) in [6.07, 6.45) is 0. The predicted octanol–water partition coefficient (Wildman–Crippen LogP) is 2.62. The van der Waals surface area contributed by atoms with E-state index in [1.807, 2.05) is 42.5 Å². The summed E-state index contributed by atoms with van der Waals surface area (Å²) in [5.41, 5.74) is 3.15. The third-order valence-electron chi connectivity index (χ3n) is 4.91. The molecule has 0 bridgehead atoms. The minimum absolute atomic E-state index is 0.0558. The second-order valence-electron chi connectivity index (χ2n) is 6.52. The molecule has 2 aromatic rings. The van der Waals surface area contributed by atoms with Crippen LogP contribution in [0.1, 0.15) is 34.2 Å². The van der Waals surface area contributed by atoms with E-state index in [4.69, 9.17) is 0 Å². The van der Waals surface area contributed by atoms with Gasteiger partial charge in [-0.2, -0.15) is 5.10 Å². The second-order valence-corrected chi connectivity index (χ2v) is 6.52. The summed E-state index contributed by atoms with van der Waals surface area (Å²) in [5, 5.41) is 4.44. The molecule has 1 aliphatic rings. The third kappa shape index (κ3) is 3.58. The lowest BCUT2D eigenvalue weighted by Crippen LogP contribution is -2.48. The average molecular weight is 344 g/mol. The van der Waals surface area contributed by atoms with E-state index in [-0.39, 0.29) is 11.7 Å². The summed E-state index contributed by atoms with van der Waals surface area (Å²) in [4.78, 5) is 17.0. The van der Waals surface area contributed by atoms with Crippen molar-refractivity contribution in [2.45, 2.75) is 33.9 Å². The number of hydrogen-bond donors (Lipinski definition) is 0. The van der Waals surface area contributed by atoms with E-state index in [9.17, 15) is 9.18 Å². The summed E-state index contributed by atoms with van der Waals surface area (Å²) in [6, 6.07) is 6.87. The number of aromatic nitrogens is 2. The number of piperazine rings is 1. The van der Waals surface area contributed by atoms with Gasteiger partial charge in [-0.05, 0) is 26.8 Å². The van der Waals surface area contributed by atoms with Gasteiger partial charge in [0.2, 0.25) is 0 Å². The van der Waals surface area contributed by atoms with E-state index in [2.05, 4.69) is 10.00 Å². The monoisotopic (exact) mass is 344 g/mol. The second kappa shape index (κ2) is 7.35. The maximum atomic E-state index is 13.8. The fourth-order valence-electron chi connectivity index (χ4n) is 3.45. The summed E-state index contributed by atoms with van der Waals surface area (Å²) in [5.74, 6) is -0.112. The number of carbonyl (C=O) groups excluding carboxylic acids is 1. The van der Waals surface area contributed by atoms with Crippen LogP contribution in [-0.4, -0.2) is 51.7 Å². The normalized spacial score (nSPS) is 15.6. The quantitative estimate of drug-likeness (QED) is 0.856. The molecule has 134 valence electrons. The van der Waals surface area contributed by atoms with Gasteiger partial charge in [0.05, 0.1) is 11.3 Å². The molecule has 1 saturated heterocycles. The maximum Gasteiger partial charge on any atom is 0.257 e. The van der Waals surface area contributed by atoms with Crippen LogP contribution in [0.15, 0.2) is 24.3 Å². The maximum absolute atomic E-state index is 13.8. The molecular weight excluding hydrogens is 319 g/mol. The molecule has 25 heavy (non-hydrogen) atoms. The molecule has 1 aromatic carbocycles. The Bertz CT molecular complexity index is 763. The summed E-state index contributed by atoms with van der Waals surface area (Å²) in [7, 11) is 0. The number of aryl methyl sites for hydroxylation is 2. The van der Waals surface area contributed by atoms with E-state index in [1.54, 1.807) is 6.07 Å². The van der Waals surface area contributed by atoms with Crippen LogP contribution in [-0.2, 0) is 13.1 Å². The zero-order valence-corrected chi connectivity index (χ0v) is 15.1. The smallest absolute Gasteiger partial charge is 0.257 e. The van der Waals surface area contributed by atoms with Gasteiger partial charge in [-0.1, -0.05) is 18.2 Å². The van der Waals surface area contributed by atoms with Crippen molar-refractivity contribution < 1.29 is 9.18 Å².